The van der Waals surface area contributed by atoms with Crippen molar-refractivity contribution in [3.63, 3.8) is 0 Å². The van der Waals surface area contributed by atoms with Gasteiger partial charge in [0, 0.05) is 18.4 Å². The van der Waals surface area contributed by atoms with Crippen molar-refractivity contribution in [1.82, 2.24) is 4.57 Å². The summed E-state index contributed by atoms with van der Waals surface area (Å²) in [4.78, 5) is 11.6. The molecule has 0 radical (unpaired) electrons. The lowest BCUT2D eigenvalue weighted by molar-refractivity contribution is -0.117. The van der Waals surface area contributed by atoms with Crippen molar-refractivity contribution in [2.24, 2.45) is 12.8 Å². The van der Waals surface area contributed by atoms with E-state index in [0.29, 0.717) is 0 Å². The monoisotopic (exact) mass is 207 g/mol. The summed E-state index contributed by atoms with van der Waals surface area (Å²) in [7, 11) is 2.03. The van der Waals surface area contributed by atoms with Crippen LogP contribution in [0.5, 0.6) is 0 Å². The minimum absolute atomic E-state index is 0.0672. The molecule has 0 saturated carbocycles. The quantitative estimate of drug-likeness (QED) is 0.662. The molecular weight excluding hydrogens is 190 g/mol. The molecule has 1 aliphatic heterocycles. The predicted octanol–water partition coefficient (Wildman–Crippen LogP) is 0.854. The van der Waals surface area contributed by atoms with Crippen LogP contribution in [0.2, 0.25) is 0 Å². The second-order valence-electron chi connectivity index (χ2n) is 4.23. The van der Waals surface area contributed by atoms with E-state index >= 15 is 0 Å². The molecule has 1 aromatic heterocycles. The standard InChI is InChI=1S/C11H17N3O/c1-6-7(2)14(3)9-5-4-8(12)11(15)13-10(6)9/h8H,4-5,12H2,1-3H3,(H,13,15). The highest BCUT2D eigenvalue weighted by Crippen LogP contribution is 2.29. The molecule has 1 atom stereocenters. The molecule has 3 N–H and O–H groups in total. The van der Waals surface area contributed by atoms with Crippen molar-refractivity contribution in [2.75, 3.05) is 5.32 Å². The van der Waals surface area contributed by atoms with E-state index in [1.807, 2.05) is 14.0 Å². The maximum absolute atomic E-state index is 11.6. The molecule has 1 unspecified atom stereocenters. The number of nitrogens with zero attached hydrogens (tertiary/aromatic N) is 1. The molecule has 0 bridgehead atoms. The first-order valence-corrected chi connectivity index (χ1v) is 5.23. The average Bonchev–Trinajstić information content (AvgIpc) is 2.38. The van der Waals surface area contributed by atoms with E-state index in [2.05, 4.69) is 16.8 Å². The molecule has 2 rings (SSSR count). The van der Waals surface area contributed by atoms with E-state index in [0.717, 1.165) is 24.1 Å². The molecule has 15 heavy (non-hydrogen) atoms. The lowest BCUT2D eigenvalue weighted by Gasteiger charge is -2.07. The van der Waals surface area contributed by atoms with Crippen LogP contribution in [-0.2, 0) is 18.3 Å². The summed E-state index contributed by atoms with van der Waals surface area (Å²) in [6, 6.07) is -0.378. The Morgan fingerprint density at radius 1 is 1.47 bits per heavy atom. The molecule has 1 aromatic rings. The molecule has 4 heteroatoms. The minimum Gasteiger partial charge on any atom is -0.350 e. The van der Waals surface area contributed by atoms with Crippen LogP contribution in [-0.4, -0.2) is 16.5 Å². The minimum atomic E-state index is -0.378. The number of nitrogens with two attached hydrogens (primary N) is 1. The smallest absolute Gasteiger partial charge is 0.241 e. The largest absolute Gasteiger partial charge is 0.350 e. The van der Waals surface area contributed by atoms with Crippen LogP contribution in [0.3, 0.4) is 0 Å². The third-order valence-electron chi connectivity index (χ3n) is 3.39. The van der Waals surface area contributed by atoms with Gasteiger partial charge in [-0.1, -0.05) is 0 Å². The summed E-state index contributed by atoms with van der Waals surface area (Å²) in [5.74, 6) is -0.0672. The van der Waals surface area contributed by atoms with Gasteiger partial charge in [0.1, 0.15) is 0 Å². The number of aromatic nitrogens is 1. The maximum atomic E-state index is 11.6. The Morgan fingerprint density at radius 2 is 2.13 bits per heavy atom. The summed E-state index contributed by atoms with van der Waals surface area (Å²) >= 11 is 0. The molecule has 1 amide bonds. The third kappa shape index (κ3) is 1.45. The lowest BCUT2D eigenvalue weighted by atomic mass is 10.1. The molecule has 0 fully saturated rings. The molecule has 4 nitrogen and oxygen atoms in total. The van der Waals surface area contributed by atoms with Crippen molar-refractivity contribution < 1.29 is 4.79 Å². The Bertz CT molecular complexity index is 420. The van der Waals surface area contributed by atoms with Crippen molar-refractivity contribution >= 4 is 11.6 Å². The first-order chi connectivity index (χ1) is 7.02. The van der Waals surface area contributed by atoms with Gasteiger partial charge in [0.2, 0.25) is 5.91 Å². The normalized spacial score (nSPS) is 20.8. The van der Waals surface area contributed by atoms with Crippen molar-refractivity contribution in [1.29, 1.82) is 0 Å². The van der Waals surface area contributed by atoms with Crippen LogP contribution < -0.4 is 11.1 Å². The summed E-state index contributed by atoms with van der Waals surface area (Å²) in [6.07, 6.45) is 1.58. The Kier molecular flexibility index (Phi) is 2.31. The Labute approximate surface area is 89.5 Å². The SMILES string of the molecule is Cc1c2c(n(C)c1C)CCC(N)C(=O)N2. The predicted molar refractivity (Wildman–Crippen MR) is 59.8 cm³/mol. The first kappa shape index (κ1) is 10.2. The van der Waals surface area contributed by atoms with E-state index in [-0.39, 0.29) is 11.9 Å². The van der Waals surface area contributed by atoms with Crippen molar-refractivity contribution in [2.45, 2.75) is 32.7 Å². The first-order valence-electron chi connectivity index (χ1n) is 5.23. The topological polar surface area (TPSA) is 60.0 Å². The number of hydrogen-bond donors (Lipinski definition) is 2. The van der Waals surface area contributed by atoms with Crippen LogP contribution in [0, 0.1) is 13.8 Å². The highest BCUT2D eigenvalue weighted by Gasteiger charge is 2.24. The van der Waals surface area contributed by atoms with E-state index in [9.17, 15) is 4.79 Å². The molecule has 0 saturated heterocycles. The lowest BCUT2D eigenvalue weighted by Crippen LogP contribution is -2.34. The zero-order valence-corrected chi connectivity index (χ0v) is 9.42. The number of fused-ring (bicyclic) bond motifs is 1. The van der Waals surface area contributed by atoms with Gasteiger partial charge in [-0.3, -0.25) is 4.79 Å². The average molecular weight is 207 g/mol. The fourth-order valence-electron chi connectivity index (χ4n) is 2.12. The van der Waals surface area contributed by atoms with Crippen LogP contribution in [0.25, 0.3) is 0 Å². The molecule has 0 aromatic carbocycles. The van der Waals surface area contributed by atoms with E-state index < -0.39 is 0 Å². The van der Waals surface area contributed by atoms with Gasteiger partial charge in [0.25, 0.3) is 0 Å². The molecule has 2 heterocycles. The number of anilines is 1. The summed E-state index contributed by atoms with van der Waals surface area (Å²) in [5.41, 5.74) is 10.2. The number of rotatable bonds is 0. The third-order valence-corrected chi connectivity index (χ3v) is 3.39. The van der Waals surface area contributed by atoms with Gasteiger partial charge >= 0.3 is 0 Å². The van der Waals surface area contributed by atoms with Crippen LogP contribution >= 0.6 is 0 Å². The Morgan fingerprint density at radius 3 is 2.80 bits per heavy atom. The van der Waals surface area contributed by atoms with Crippen LogP contribution in [0.1, 0.15) is 23.4 Å². The summed E-state index contributed by atoms with van der Waals surface area (Å²) in [5, 5.41) is 2.92. The highest BCUT2D eigenvalue weighted by molar-refractivity contribution is 5.96. The highest BCUT2D eigenvalue weighted by atomic mass is 16.2. The number of nitrogens with one attached hydrogen (secondary N) is 1. The van der Waals surface area contributed by atoms with Gasteiger partial charge in [-0.25, -0.2) is 0 Å². The van der Waals surface area contributed by atoms with Gasteiger partial charge in [-0.15, -0.1) is 0 Å². The second-order valence-corrected chi connectivity index (χ2v) is 4.23. The maximum Gasteiger partial charge on any atom is 0.241 e. The Balaban J connectivity index is 2.51. The summed E-state index contributed by atoms with van der Waals surface area (Å²) < 4.78 is 2.14. The van der Waals surface area contributed by atoms with Crippen LogP contribution in [0.15, 0.2) is 0 Å². The van der Waals surface area contributed by atoms with Gasteiger partial charge in [0.15, 0.2) is 0 Å². The molecule has 0 aliphatic carbocycles. The Hall–Kier alpha value is -1.29. The van der Waals surface area contributed by atoms with E-state index in [4.69, 9.17) is 5.73 Å². The molecular formula is C11H17N3O. The molecule has 0 spiro atoms. The van der Waals surface area contributed by atoms with Crippen molar-refractivity contribution in [3.05, 3.63) is 17.0 Å². The fraction of sp³-hybridized carbons (Fsp3) is 0.545. The number of hydrogen-bond acceptors (Lipinski definition) is 2. The number of carbonyl (C=O) groups is 1. The fourth-order valence-corrected chi connectivity index (χ4v) is 2.12. The zero-order valence-electron chi connectivity index (χ0n) is 9.42. The van der Waals surface area contributed by atoms with Gasteiger partial charge in [0.05, 0.1) is 11.7 Å². The number of amides is 1. The van der Waals surface area contributed by atoms with Crippen LogP contribution in [0.4, 0.5) is 5.69 Å². The van der Waals surface area contributed by atoms with Gasteiger partial charge in [-0.05, 0) is 32.3 Å². The summed E-state index contributed by atoms with van der Waals surface area (Å²) in [6.45, 7) is 4.10. The zero-order chi connectivity index (χ0) is 11.2. The van der Waals surface area contributed by atoms with E-state index in [1.165, 1.54) is 11.4 Å². The van der Waals surface area contributed by atoms with Gasteiger partial charge < -0.3 is 15.6 Å². The number of carbonyl (C=O) groups excluding carboxylic acids is 1. The van der Waals surface area contributed by atoms with Crippen molar-refractivity contribution in [3.8, 4) is 0 Å². The van der Waals surface area contributed by atoms with E-state index in [1.54, 1.807) is 0 Å². The molecule has 82 valence electrons. The second kappa shape index (κ2) is 3.38. The van der Waals surface area contributed by atoms with Gasteiger partial charge in [-0.2, -0.15) is 0 Å². The molecule has 1 aliphatic rings.